The van der Waals surface area contributed by atoms with Crippen molar-refractivity contribution in [3.8, 4) is 0 Å². The lowest BCUT2D eigenvalue weighted by molar-refractivity contribution is -0.152. The Kier molecular flexibility index (Phi) is 8.05. The van der Waals surface area contributed by atoms with Crippen molar-refractivity contribution in [2.75, 3.05) is 26.2 Å². The number of benzene rings is 4. The molecule has 1 aliphatic heterocycles. The fourth-order valence-corrected chi connectivity index (χ4v) is 6.22. The van der Waals surface area contributed by atoms with Crippen molar-refractivity contribution in [2.24, 2.45) is 0 Å². The van der Waals surface area contributed by atoms with Gasteiger partial charge in [-0.3, -0.25) is 4.79 Å². The van der Waals surface area contributed by atoms with Crippen molar-refractivity contribution < 1.29 is 9.53 Å². The highest BCUT2D eigenvalue weighted by Gasteiger charge is 2.45. The van der Waals surface area contributed by atoms with Gasteiger partial charge in [0.15, 0.2) is 0 Å². The minimum Gasteiger partial charge on any atom is -0.465 e. The first-order valence-electron chi connectivity index (χ1n) is 13.8. The topological polar surface area (TPSA) is 29.5 Å². The molecule has 0 saturated carbocycles. The molecule has 4 aromatic rings. The van der Waals surface area contributed by atoms with Gasteiger partial charge in [0.25, 0.3) is 0 Å². The summed E-state index contributed by atoms with van der Waals surface area (Å²) in [7, 11) is 0. The SMILES string of the molecule is CCOC(=O)C1(c2ccccc2)CCN(CCC(c2ccccc2)(c2ccccc2)c2ccccc2)CC1. The Morgan fingerprint density at radius 1 is 0.711 bits per heavy atom. The molecule has 1 saturated heterocycles. The van der Waals surface area contributed by atoms with Crippen LogP contribution in [-0.4, -0.2) is 37.1 Å². The first-order valence-corrected chi connectivity index (χ1v) is 13.8. The van der Waals surface area contributed by atoms with Crippen LogP contribution in [0.5, 0.6) is 0 Å². The van der Waals surface area contributed by atoms with Crippen LogP contribution in [0.15, 0.2) is 121 Å². The number of carbonyl (C=O) groups excluding carboxylic acids is 1. The summed E-state index contributed by atoms with van der Waals surface area (Å²) in [6.45, 7) is 4.96. The van der Waals surface area contributed by atoms with E-state index in [1.54, 1.807) is 0 Å². The smallest absolute Gasteiger partial charge is 0.316 e. The summed E-state index contributed by atoms with van der Waals surface area (Å²) in [4.78, 5) is 15.8. The number of esters is 1. The molecular formula is C35H37NO2. The summed E-state index contributed by atoms with van der Waals surface area (Å²) < 4.78 is 5.60. The minimum absolute atomic E-state index is 0.0851. The Hall–Kier alpha value is -3.69. The van der Waals surface area contributed by atoms with E-state index in [1.165, 1.54) is 16.7 Å². The van der Waals surface area contributed by atoms with E-state index >= 15 is 0 Å². The molecule has 5 rings (SSSR count). The molecule has 38 heavy (non-hydrogen) atoms. The first-order chi connectivity index (χ1) is 18.7. The monoisotopic (exact) mass is 503 g/mol. The van der Waals surface area contributed by atoms with Crippen LogP contribution >= 0.6 is 0 Å². The summed E-state index contributed by atoms with van der Waals surface area (Å²) in [6.07, 6.45) is 2.48. The fraction of sp³-hybridized carbons (Fsp3) is 0.286. The molecule has 3 nitrogen and oxygen atoms in total. The Balaban J connectivity index is 1.44. The molecule has 0 N–H and O–H groups in total. The number of piperidine rings is 1. The van der Waals surface area contributed by atoms with Gasteiger partial charge in [0.05, 0.1) is 12.0 Å². The summed E-state index contributed by atoms with van der Waals surface area (Å²) in [5, 5.41) is 0. The maximum absolute atomic E-state index is 13.3. The highest BCUT2D eigenvalue weighted by atomic mass is 16.5. The molecule has 1 fully saturated rings. The molecule has 1 aliphatic rings. The lowest BCUT2D eigenvalue weighted by Crippen LogP contribution is -2.49. The van der Waals surface area contributed by atoms with Gasteiger partial charge in [-0.2, -0.15) is 0 Å². The Morgan fingerprint density at radius 2 is 1.13 bits per heavy atom. The summed E-state index contributed by atoms with van der Waals surface area (Å²) in [5.41, 5.74) is 4.16. The van der Waals surface area contributed by atoms with Crippen LogP contribution < -0.4 is 0 Å². The average molecular weight is 504 g/mol. The lowest BCUT2D eigenvalue weighted by Gasteiger charge is -2.42. The summed E-state index contributed by atoms with van der Waals surface area (Å²) in [5.74, 6) is -0.0851. The highest BCUT2D eigenvalue weighted by molar-refractivity contribution is 5.83. The third kappa shape index (κ3) is 5.04. The largest absolute Gasteiger partial charge is 0.465 e. The van der Waals surface area contributed by atoms with Gasteiger partial charge in [-0.05, 0) is 68.1 Å². The van der Waals surface area contributed by atoms with Crippen LogP contribution in [0.25, 0.3) is 0 Å². The van der Waals surface area contributed by atoms with Gasteiger partial charge in [-0.15, -0.1) is 0 Å². The number of ether oxygens (including phenoxy) is 1. The molecule has 0 bridgehead atoms. The fourth-order valence-electron chi connectivity index (χ4n) is 6.22. The van der Waals surface area contributed by atoms with Crippen molar-refractivity contribution in [1.29, 1.82) is 0 Å². The molecule has 0 radical (unpaired) electrons. The van der Waals surface area contributed by atoms with Crippen LogP contribution in [-0.2, 0) is 20.4 Å². The van der Waals surface area contributed by atoms with E-state index in [9.17, 15) is 4.79 Å². The molecule has 4 aromatic carbocycles. The van der Waals surface area contributed by atoms with Crippen LogP contribution in [0.2, 0.25) is 0 Å². The van der Waals surface area contributed by atoms with Gasteiger partial charge in [0.2, 0.25) is 0 Å². The normalized spacial score (nSPS) is 15.6. The molecule has 0 atom stereocenters. The third-order valence-electron chi connectivity index (χ3n) is 8.30. The zero-order valence-corrected chi connectivity index (χ0v) is 22.3. The second-order valence-electron chi connectivity index (χ2n) is 10.3. The van der Waals surface area contributed by atoms with Gasteiger partial charge in [-0.25, -0.2) is 0 Å². The molecule has 3 heteroatoms. The zero-order chi connectivity index (χ0) is 26.3. The quantitative estimate of drug-likeness (QED) is 0.182. The van der Waals surface area contributed by atoms with E-state index in [0.717, 1.165) is 44.5 Å². The molecule has 0 aliphatic carbocycles. The molecule has 0 aromatic heterocycles. The standard InChI is InChI=1S/C35H37NO2/c1-2-38-33(37)34(29-15-7-3-8-16-29)23-26-36(27-24-34)28-25-35(30-17-9-4-10-18-30,31-19-11-5-12-20-31)32-21-13-6-14-22-32/h3-22H,2,23-28H2,1H3. The van der Waals surface area contributed by atoms with E-state index in [0.29, 0.717) is 6.61 Å². The van der Waals surface area contributed by atoms with Crippen molar-refractivity contribution in [3.63, 3.8) is 0 Å². The van der Waals surface area contributed by atoms with E-state index in [2.05, 4.69) is 108 Å². The summed E-state index contributed by atoms with van der Waals surface area (Å²) in [6, 6.07) is 42.9. The molecule has 0 spiro atoms. The van der Waals surface area contributed by atoms with Gasteiger partial charge in [0.1, 0.15) is 0 Å². The predicted molar refractivity (Wildman–Crippen MR) is 154 cm³/mol. The predicted octanol–water partition coefficient (Wildman–Crippen LogP) is 7.01. The third-order valence-corrected chi connectivity index (χ3v) is 8.30. The van der Waals surface area contributed by atoms with E-state index in [1.807, 2.05) is 25.1 Å². The van der Waals surface area contributed by atoms with Crippen molar-refractivity contribution in [3.05, 3.63) is 144 Å². The number of likely N-dealkylation sites (tertiary alicyclic amines) is 1. The van der Waals surface area contributed by atoms with E-state index in [4.69, 9.17) is 4.74 Å². The number of hydrogen-bond acceptors (Lipinski definition) is 3. The second kappa shape index (κ2) is 11.8. The van der Waals surface area contributed by atoms with Crippen LogP contribution in [0.4, 0.5) is 0 Å². The van der Waals surface area contributed by atoms with Crippen molar-refractivity contribution in [2.45, 2.75) is 37.0 Å². The Morgan fingerprint density at radius 3 is 1.55 bits per heavy atom. The van der Waals surface area contributed by atoms with Gasteiger partial charge in [-0.1, -0.05) is 121 Å². The van der Waals surface area contributed by atoms with E-state index < -0.39 is 5.41 Å². The number of hydrogen-bond donors (Lipinski definition) is 0. The second-order valence-corrected chi connectivity index (χ2v) is 10.3. The molecule has 1 heterocycles. The van der Waals surface area contributed by atoms with Gasteiger partial charge >= 0.3 is 5.97 Å². The Labute approximate surface area is 227 Å². The first kappa shape index (κ1) is 25.9. The molecule has 194 valence electrons. The van der Waals surface area contributed by atoms with Crippen LogP contribution in [0.3, 0.4) is 0 Å². The van der Waals surface area contributed by atoms with Crippen molar-refractivity contribution in [1.82, 2.24) is 4.90 Å². The summed E-state index contributed by atoms with van der Waals surface area (Å²) >= 11 is 0. The Bertz CT molecular complexity index is 1180. The molecule has 0 amide bonds. The zero-order valence-electron chi connectivity index (χ0n) is 22.3. The lowest BCUT2D eigenvalue weighted by atomic mass is 9.67. The minimum atomic E-state index is -0.566. The van der Waals surface area contributed by atoms with E-state index in [-0.39, 0.29) is 11.4 Å². The maximum atomic E-state index is 13.3. The molecule has 0 unspecified atom stereocenters. The van der Waals surface area contributed by atoms with Crippen molar-refractivity contribution >= 4 is 5.97 Å². The van der Waals surface area contributed by atoms with Gasteiger partial charge in [0, 0.05) is 5.41 Å². The van der Waals surface area contributed by atoms with Crippen LogP contribution in [0, 0.1) is 0 Å². The number of rotatable bonds is 9. The maximum Gasteiger partial charge on any atom is 0.316 e. The number of nitrogens with zero attached hydrogens (tertiary/aromatic N) is 1. The molecular weight excluding hydrogens is 466 g/mol. The van der Waals surface area contributed by atoms with Gasteiger partial charge < -0.3 is 9.64 Å². The number of carbonyl (C=O) groups is 1. The highest BCUT2D eigenvalue weighted by Crippen LogP contribution is 2.43. The average Bonchev–Trinajstić information content (AvgIpc) is 3.00. The van der Waals surface area contributed by atoms with Crippen LogP contribution in [0.1, 0.15) is 48.4 Å².